The normalized spacial score (nSPS) is 17.6. The van der Waals surface area contributed by atoms with Crippen LogP contribution in [0.15, 0.2) is 72.8 Å². The number of carbonyl (C=O) groups is 1. The maximum absolute atomic E-state index is 14.4. The van der Waals surface area contributed by atoms with Gasteiger partial charge < -0.3 is 14.0 Å². The van der Waals surface area contributed by atoms with Gasteiger partial charge in [0.15, 0.2) is 7.14 Å². The summed E-state index contributed by atoms with van der Waals surface area (Å²) in [5.74, 6) is 0.647. The lowest BCUT2D eigenvalue weighted by Crippen LogP contribution is -2.31. The quantitative estimate of drug-likeness (QED) is 0.412. The zero-order valence-electron chi connectivity index (χ0n) is 14.2. The molecule has 0 bridgehead atoms. The van der Waals surface area contributed by atoms with Gasteiger partial charge in [-0.3, -0.25) is 0 Å². The highest BCUT2D eigenvalue weighted by atomic mass is 31.2. The number of hydrogen-bond acceptors (Lipinski definition) is 4. The lowest BCUT2D eigenvalue weighted by atomic mass is 10.2. The van der Waals surface area contributed by atoms with Gasteiger partial charge in [-0.1, -0.05) is 42.5 Å². The summed E-state index contributed by atoms with van der Waals surface area (Å²) in [5, 5.41) is 1.87. The molecule has 0 amide bonds. The maximum Gasteiger partial charge on any atom is 0.338 e. The molecule has 5 heteroatoms. The zero-order valence-corrected chi connectivity index (χ0v) is 15.1. The van der Waals surface area contributed by atoms with Crippen LogP contribution in [-0.4, -0.2) is 12.6 Å². The minimum absolute atomic E-state index is 0.283. The standard InChI is InChI=1S/C21H17O4P/c1-2-24-21(22)15-12-13-18-20(14-15)26(23,16-8-4-3-5-9-16)19-11-7-6-10-17(19)25-18/h3-14H,2H2,1H3. The van der Waals surface area contributed by atoms with Gasteiger partial charge in [-0.15, -0.1) is 0 Å². The van der Waals surface area contributed by atoms with Gasteiger partial charge in [0.05, 0.1) is 22.8 Å². The third kappa shape index (κ3) is 2.54. The van der Waals surface area contributed by atoms with Gasteiger partial charge in [0, 0.05) is 5.30 Å². The SMILES string of the molecule is CCOC(=O)c1ccc2c(c1)P(=O)(c1ccccc1)c1ccccc1O2. The minimum atomic E-state index is -3.16. The van der Waals surface area contributed by atoms with E-state index in [1.165, 1.54) is 0 Å². The number of para-hydroxylation sites is 1. The van der Waals surface area contributed by atoms with Gasteiger partial charge in [0.1, 0.15) is 11.5 Å². The largest absolute Gasteiger partial charge is 0.462 e. The van der Waals surface area contributed by atoms with E-state index in [-0.39, 0.29) is 6.61 Å². The van der Waals surface area contributed by atoms with Crippen LogP contribution < -0.4 is 20.7 Å². The Morgan fingerprint density at radius 2 is 1.62 bits per heavy atom. The molecular formula is C21H17O4P. The van der Waals surface area contributed by atoms with E-state index in [1.807, 2.05) is 54.6 Å². The monoisotopic (exact) mass is 364 g/mol. The molecule has 0 radical (unpaired) electrons. The summed E-state index contributed by atoms with van der Waals surface area (Å²) in [6.07, 6.45) is 0. The van der Waals surface area contributed by atoms with Gasteiger partial charge in [-0.2, -0.15) is 0 Å². The van der Waals surface area contributed by atoms with Crippen molar-refractivity contribution in [1.82, 2.24) is 0 Å². The number of ether oxygens (including phenoxy) is 2. The van der Waals surface area contributed by atoms with Crippen LogP contribution in [0.1, 0.15) is 17.3 Å². The lowest BCUT2D eigenvalue weighted by Gasteiger charge is -2.29. The zero-order chi connectivity index (χ0) is 18.1. The fourth-order valence-corrected chi connectivity index (χ4v) is 6.04. The van der Waals surface area contributed by atoms with Crippen molar-refractivity contribution in [1.29, 1.82) is 0 Å². The summed E-state index contributed by atoms with van der Waals surface area (Å²) in [4.78, 5) is 12.2. The molecule has 0 saturated carbocycles. The molecule has 1 aliphatic heterocycles. The summed E-state index contributed by atoms with van der Waals surface area (Å²) in [7, 11) is -3.16. The molecular weight excluding hydrogens is 347 g/mol. The van der Waals surface area contributed by atoms with E-state index in [0.29, 0.717) is 33.0 Å². The van der Waals surface area contributed by atoms with Crippen LogP contribution in [0.2, 0.25) is 0 Å². The number of rotatable bonds is 3. The van der Waals surface area contributed by atoms with Crippen molar-refractivity contribution in [2.75, 3.05) is 6.61 Å². The maximum atomic E-state index is 14.4. The molecule has 0 aliphatic carbocycles. The van der Waals surface area contributed by atoms with Gasteiger partial charge in [0.25, 0.3) is 0 Å². The van der Waals surface area contributed by atoms with Crippen molar-refractivity contribution < 1.29 is 18.8 Å². The Kier molecular flexibility index (Phi) is 4.14. The summed E-state index contributed by atoms with van der Waals surface area (Å²) in [5.41, 5.74) is 0.365. The van der Waals surface area contributed by atoms with Crippen LogP contribution >= 0.6 is 7.14 Å². The second kappa shape index (κ2) is 6.47. The first-order valence-electron chi connectivity index (χ1n) is 8.39. The van der Waals surface area contributed by atoms with E-state index in [2.05, 4.69) is 0 Å². The average Bonchev–Trinajstić information content (AvgIpc) is 2.69. The predicted molar refractivity (Wildman–Crippen MR) is 102 cm³/mol. The topological polar surface area (TPSA) is 52.6 Å². The van der Waals surface area contributed by atoms with Crippen molar-refractivity contribution in [2.24, 2.45) is 0 Å². The Morgan fingerprint density at radius 3 is 2.38 bits per heavy atom. The van der Waals surface area contributed by atoms with Gasteiger partial charge >= 0.3 is 5.97 Å². The molecule has 1 heterocycles. The minimum Gasteiger partial charge on any atom is -0.462 e. The van der Waals surface area contributed by atoms with Crippen LogP contribution in [0, 0.1) is 0 Å². The van der Waals surface area contributed by atoms with Crippen LogP contribution in [-0.2, 0) is 9.30 Å². The number of esters is 1. The fraction of sp³-hybridized carbons (Fsp3) is 0.0952. The molecule has 1 aliphatic rings. The molecule has 0 spiro atoms. The van der Waals surface area contributed by atoms with E-state index in [9.17, 15) is 9.36 Å². The Hall–Kier alpha value is -2.84. The van der Waals surface area contributed by atoms with Gasteiger partial charge in [-0.25, -0.2) is 4.79 Å². The van der Waals surface area contributed by atoms with E-state index >= 15 is 0 Å². The molecule has 3 aromatic carbocycles. The molecule has 130 valence electrons. The predicted octanol–water partition coefficient (Wildman–Crippen LogP) is 3.61. The number of benzene rings is 3. The van der Waals surface area contributed by atoms with Gasteiger partial charge in [-0.05, 0) is 37.3 Å². The Bertz CT molecular complexity index is 1030. The van der Waals surface area contributed by atoms with E-state index < -0.39 is 13.1 Å². The van der Waals surface area contributed by atoms with E-state index in [1.54, 1.807) is 25.1 Å². The van der Waals surface area contributed by atoms with Gasteiger partial charge in [0.2, 0.25) is 0 Å². The second-order valence-electron chi connectivity index (χ2n) is 5.92. The first kappa shape index (κ1) is 16.6. The molecule has 0 aromatic heterocycles. The number of fused-ring (bicyclic) bond motifs is 2. The summed E-state index contributed by atoms with van der Waals surface area (Å²) in [6, 6.07) is 21.6. The third-order valence-corrected chi connectivity index (χ3v) is 7.45. The fourth-order valence-electron chi connectivity index (χ4n) is 3.16. The number of hydrogen-bond donors (Lipinski definition) is 0. The van der Waals surface area contributed by atoms with Crippen molar-refractivity contribution >= 4 is 29.0 Å². The van der Waals surface area contributed by atoms with Crippen LogP contribution in [0.5, 0.6) is 11.5 Å². The highest BCUT2D eigenvalue weighted by molar-refractivity contribution is 7.85. The second-order valence-corrected chi connectivity index (χ2v) is 8.62. The van der Waals surface area contributed by atoms with Crippen LogP contribution in [0.25, 0.3) is 0 Å². The molecule has 0 fully saturated rings. The van der Waals surface area contributed by atoms with Crippen molar-refractivity contribution in [3.05, 3.63) is 78.4 Å². The molecule has 0 saturated heterocycles. The smallest absolute Gasteiger partial charge is 0.338 e. The van der Waals surface area contributed by atoms with Crippen molar-refractivity contribution in [3.8, 4) is 11.5 Å². The molecule has 3 aromatic rings. The highest BCUT2D eigenvalue weighted by Gasteiger charge is 2.39. The van der Waals surface area contributed by atoms with Crippen LogP contribution in [0.3, 0.4) is 0 Å². The first-order valence-corrected chi connectivity index (χ1v) is 10.1. The Balaban J connectivity index is 1.98. The molecule has 26 heavy (non-hydrogen) atoms. The molecule has 4 nitrogen and oxygen atoms in total. The average molecular weight is 364 g/mol. The highest BCUT2D eigenvalue weighted by Crippen LogP contribution is 2.51. The molecule has 0 N–H and O–H groups in total. The molecule has 4 rings (SSSR count). The van der Waals surface area contributed by atoms with Crippen molar-refractivity contribution in [2.45, 2.75) is 6.92 Å². The van der Waals surface area contributed by atoms with Crippen molar-refractivity contribution in [3.63, 3.8) is 0 Å². The van der Waals surface area contributed by atoms with E-state index in [4.69, 9.17) is 9.47 Å². The Morgan fingerprint density at radius 1 is 0.923 bits per heavy atom. The summed E-state index contributed by atoms with van der Waals surface area (Å²) in [6.45, 7) is 2.04. The summed E-state index contributed by atoms with van der Waals surface area (Å²) >= 11 is 0. The molecule has 1 unspecified atom stereocenters. The summed E-state index contributed by atoms with van der Waals surface area (Å²) < 4.78 is 25.4. The number of carbonyl (C=O) groups excluding carboxylic acids is 1. The van der Waals surface area contributed by atoms with E-state index in [0.717, 1.165) is 0 Å². The lowest BCUT2D eigenvalue weighted by molar-refractivity contribution is 0.0526. The molecule has 1 atom stereocenters. The third-order valence-electron chi connectivity index (χ3n) is 4.35. The Labute approximate surface area is 151 Å². The first-order chi connectivity index (χ1) is 12.6. The van der Waals surface area contributed by atoms with Crippen LogP contribution in [0.4, 0.5) is 0 Å².